The highest BCUT2D eigenvalue weighted by Crippen LogP contribution is 2.07. The standard InChI is InChI=1S/C24H32N6O3/c25-20(14-17-8-3-1-4-9-17)22(32)30-21(15-18-10-5-2-6-11-18)23(33)29-19(16-31)12-7-13-28-24(26)27/h1-6,8-11,16,19-21H,7,12-15,25H2,(H,29,33)(H,30,32)(H4,26,27,28)/t19-,20-,21+/m0/s1. The second-order valence-electron chi connectivity index (χ2n) is 7.75. The van der Waals surface area contributed by atoms with Crippen molar-refractivity contribution in [1.29, 1.82) is 0 Å². The number of aldehydes is 1. The van der Waals surface area contributed by atoms with E-state index in [9.17, 15) is 14.4 Å². The van der Waals surface area contributed by atoms with Crippen LogP contribution in [-0.2, 0) is 27.2 Å². The van der Waals surface area contributed by atoms with Crippen molar-refractivity contribution >= 4 is 24.1 Å². The molecule has 9 nitrogen and oxygen atoms in total. The van der Waals surface area contributed by atoms with Crippen LogP contribution in [0.4, 0.5) is 0 Å². The molecule has 176 valence electrons. The third-order valence-corrected chi connectivity index (χ3v) is 5.01. The zero-order chi connectivity index (χ0) is 24.1. The second-order valence-corrected chi connectivity index (χ2v) is 7.75. The van der Waals surface area contributed by atoms with Gasteiger partial charge in [-0.25, -0.2) is 0 Å². The van der Waals surface area contributed by atoms with E-state index < -0.39 is 29.9 Å². The van der Waals surface area contributed by atoms with E-state index in [1.807, 2.05) is 60.7 Å². The van der Waals surface area contributed by atoms with Gasteiger partial charge in [0.25, 0.3) is 0 Å². The summed E-state index contributed by atoms with van der Waals surface area (Å²) in [6.45, 7) is 0.348. The van der Waals surface area contributed by atoms with Gasteiger partial charge in [0.1, 0.15) is 12.3 Å². The van der Waals surface area contributed by atoms with Crippen LogP contribution in [0.2, 0.25) is 0 Å². The lowest BCUT2D eigenvalue weighted by Crippen LogP contribution is -2.54. The summed E-state index contributed by atoms with van der Waals surface area (Å²) >= 11 is 0. The Bertz CT molecular complexity index is 916. The molecule has 33 heavy (non-hydrogen) atoms. The van der Waals surface area contributed by atoms with E-state index in [1.54, 1.807) is 0 Å². The topological polar surface area (TPSA) is 166 Å². The van der Waals surface area contributed by atoms with Crippen LogP contribution in [0, 0.1) is 0 Å². The minimum absolute atomic E-state index is 0.0285. The van der Waals surface area contributed by atoms with E-state index in [0.717, 1.165) is 11.1 Å². The molecule has 0 saturated carbocycles. The van der Waals surface area contributed by atoms with Crippen molar-refractivity contribution in [1.82, 2.24) is 10.6 Å². The molecule has 8 N–H and O–H groups in total. The van der Waals surface area contributed by atoms with Crippen molar-refractivity contribution < 1.29 is 14.4 Å². The molecular formula is C24H32N6O3. The molecule has 0 saturated heterocycles. The monoisotopic (exact) mass is 452 g/mol. The number of amides is 2. The van der Waals surface area contributed by atoms with Gasteiger partial charge in [-0.05, 0) is 30.4 Å². The van der Waals surface area contributed by atoms with Crippen molar-refractivity contribution in [2.24, 2.45) is 22.2 Å². The summed E-state index contributed by atoms with van der Waals surface area (Å²) in [5.74, 6) is -0.928. The highest BCUT2D eigenvalue weighted by molar-refractivity contribution is 5.91. The summed E-state index contributed by atoms with van der Waals surface area (Å²) in [7, 11) is 0. The number of benzene rings is 2. The fraction of sp³-hybridized carbons (Fsp3) is 0.333. The fourth-order valence-corrected chi connectivity index (χ4v) is 3.28. The minimum Gasteiger partial charge on any atom is -0.370 e. The maximum Gasteiger partial charge on any atom is 0.243 e. The Morgan fingerprint density at radius 1 is 0.879 bits per heavy atom. The number of carbonyl (C=O) groups is 3. The number of nitrogens with zero attached hydrogens (tertiary/aromatic N) is 1. The molecule has 0 bridgehead atoms. The number of hydrogen-bond donors (Lipinski definition) is 5. The van der Waals surface area contributed by atoms with Gasteiger partial charge in [0.05, 0.1) is 12.1 Å². The molecule has 0 aromatic heterocycles. The molecule has 0 unspecified atom stereocenters. The van der Waals surface area contributed by atoms with E-state index in [0.29, 0.717) is 32.1 Å². The SMILES string of the molecule is NC(N)=NCCC[C@@H](C=O)NC(=O)[C@@H](Cc1ccccc1)NC(=O)[C@@H](N)Cc1ccccc1. The molecule has 0 aliphatic carbocycles. The summed E-state index contributed by atoms with van der Waals surface area (Å²) in [5, 5.41) is 5.45. The number of rotatable bonds is 13. The zero-order valence-corrected chi connectivity index (χ0v) is 18.5. The molecule has 9 heteroatoms. The third-order valence-electron chi connectivity index (χ3n) is 5.01. The van der Waals surface area contributed by atoms with Crippen LogP contribution in [0.1, 0.15) is 24.0 Å². The second kappa shape index (κ2) is 13.6. The third kappa shape index (κ3) is 9.53. The molecule has 2 aromatic rings. The quantitative estimate of drug-likeness (QED) is 0.124. The van der Waals surface area contributed by atoms with Gasteiger partial charge in [0.2, 0.25) is 11.8 Å². The molecule has 0 aliphatic heterocycles. The van der Waals surface area contributed by atoms with Crippen molar-refractivity contribution in [2.75, 3.05) is 6.54 Å². The molecule has 0 radical (unpaired) electrons. The number of hydrogen-bond acceptors (Lipinski definition) is 5. The van der Waals surface area contributed by atoms with E-state index >= 15 is 0 Å². The molecule has 2 amide bonds. The first-order chi connectivity index (χ1) is 15.9. The number of carbonyl (C=O) groups excluding carboxylic acids is 3. The highest BCUT2D eigenvalue weighted by atomic mass is 16.2. The highest BCUT2D eigenvalue weighted by Gasteiger charge is 2.26. The van der Waals surface area contributed by atoms with Crippen molar-refractivity contribution in [2.45, 2.75) is 43.8 Å². The van der Waals surface area contributed by atoms with Crippen LogP contribution in [0.3, 0.4) is 0 Å². The summed E-state index contributed by atoms with van der Waals surface area (Å²) in [4.78, 5) is 41.1. The summed E-state index contributed by atoms with van der Waals surface area (Å²) in [6.07, 6.45) is 2.14. The predicted octanol–water partition coefficient (Wildman–Crippen LogP) is 0.0212. The molecule has 2 aromatic carbocycles. The van der Waals surface area contributed by atoms with E-state index in [2.05, 4.69) is 15.6 Å². The smallest absolute Gasteiger partial charge is 0.243 e. The molecule has 0 aliphatic rings. The van der Waals surface area contributed by atoms with Crippen LogP contribution >= 0.6 is 0 Å². The van der Waals surface area contributed by atoms with Gasteiger partial charge in [-0.15, -0.1) is 0 Å². The van der Waals surface area contributed by atoms with Gasteiger partial charge >= 0.3 is 0 Å². The summed E-state index contributed by atoms with van der Waals surface area (Å²) in [5.41, 5.74) is 18.5. The lowest BCUT2D eigenvalue weighted by Gasteiger charge is -2.23. The van der Waals surface area contributed by atoms with Gasteiger partial charge in [-0.3, -0.25) is 14.6 Å². The van der Waals surface area contributed by atoms with Gasteiger partial charge < -0.3 is 32.6 Å². The Balaban J connectivity index is 2.03. The number of nitrogens with one attached hydrogen (secondary N) is 2. The molecule has 3 atom stereocenters. The van der Waals surface area contributed by atoms with Crippen LogP contribution in [0.5, 0.6) is 0 Å². The Morgan fingerprint density at radius 3 is 2.00 bits per heavy atom. The Hall–Kier alpha value is -3.72. The first-order valence-electron chi connectivity index (χ1n) is 10.8. The Morgan fingerprint density at radius 2 is 1.45 bits per heavy atom. The minimum atomic E-state index is -0.887. The first kappa shape index (κ1) is 25.5. The van der Waals surface area contributed by atoms with Gasteiger partial charge in [-0.1, -0.05) is 60.7 Å². The largest absolute Gasteiger partial charge is 0.370 e. The van der Waals surface area contributed by atoms with Crippen molar-refractivity contribution in [3.63, 3.8) is 0 Å². The van der Waals surface area contributed by atoms with E-state index in [-0.39, 0.29) is 12.4 Å². The predicted molar refractivity (Wildman–Crippen MR) is 128 cm³/mol. The lowest BCUT2D eigenvalue weighted by molar-refractivity contribution is -0.130. The van der Waals surface area contributed by atoms with E-state index in [4.69, 9.17) is 17.2 Å². The average molecular weight is 453 g/mol. The van der Waals surface area contributed by atoms with Crippen LogP contribution in [0.25, 0.3) is 0 Å². The molecule has 0 spiro atoms. The Labute approximate surface area is 193 Å². The summed E-state index contributed by atoms with van der Waals surface area (Å²) in [6, 6.07) is 16.3. The maximum atomic E-state index is 13.0. The van der Waals surface area contributed by atoms with E-state index in [1.165, 1.54) is 0 Å². The number of nitrogens with two attached hydrogens (primary N) is 3. The normalized spacial score (nSPS) is 13.2. The van der Waals surface area contributed by atoms with Crippen LogP contribution in [0.15, 0.2) is 65.7 Å². The summed E-state index contributed by atoms with van der Waals surface area (Å²) < 4.78 is 0. The Kier molecular flexibility index (Phi) is 10.6. The van der Waals surface area contributed by atoms with Crippen molar-refractivity contribution in [3.05, 3.63) is 71.8 Å². The van der Waals surface area contributed by atoms with Gasteiger partial charge in [0, 0.05) is 13.0 Å². The number of aliphatic imine (C=N–C) groups is 1. The van der Waals surface area contributed by atoms with Crippen LogP contribution in [-0.4, -0.2) is 48.7 Å². The molecule has 0 heterocycles. The molecule has 2 rings (SSSR count). The van der Waals surface area contributed by atoms with Crippen molar-refractivity contribution in [3.8, 4) is 0 Å². The lowest BCUT2D eigenvalue weighted by atomic mass is 10.0. The van der Waals surface area contributed by atoms with Gasteiger partial charge in [-0.2, -0.15) is 0 Å². The molecule has 0 fully saturated rings. The van der Waals surface area contributed by atoms with Crippen LogP contribution < -0.4 is 27.8 Å². The fourth-order valence-electron chi connectivity index (χ4n) is 3.28. The number of guanidine groups is 1. The first-order valence-corrected chi connectivity index (χ1v) is 10.8. The average Bonchev–Trinajstić information content (AvgIpc) is 2.81. The maximum absolute atomic E-state index is 13.0. The van der Waals surface area contributed by atoms with Gasteiger partial charge in [0.15, 0.2) is 5.96 Å². The molecular weight excluding hydrogens is 420 g/mol. The zero-order valence-electron chi connectivity index (χ0n) is 18.5.